The molecule has 0 fully saturated rings. The summed E-state index contributed by atoms with van der Waals surface area (Å²) in [6.07, 6.45) is 5.66. The lowest BCUT2D eigenvalue weighted by Gasteiger charge is -2.18. The van der Waals surface area contributed by atoms with Crippen LogP contribution in [0.3, 0.4) is 0 Å². The first-order chi connectivity index (χ1) is 12.7. The number of hydrogen-bond acceptors (Lipinski definition) is 4. The summed E-state index contributed by atoms with van der Waals surface area (Å²) in [5, 5.41) is 8.31. The molecular weight excluding hydrogens is 322 g/mol. The van der Waals surface area contributed by atoms with Crippen LogP contribution in [0.2, 0.25) is 0 Å². The first-order valence-electron chi connectivity index (χ1n) is 9.32. The fourth-order valence-electron chi connectivity index (χ4n) is 3.74. The number of nitrogens with zero attached hydrogens (tertiary/aromatic N) is 3. The molecule has 5 heteroatoms. The van der Waals surface area contributed by atoms with Gasteiger partial charge in [-0.05, 0) is 49.2 Å². The predicted octanol–water partition coefficient (Wildman–Crippen LogP) is 4.33. The van der Waals surface area contributed by atoms with Crippen molar-refractivity contribution in [3.8, 4) is 0 Å². The summed E-state index contributed by atoms with van der Waals surface area (Å²) >= 11 is 0. The van der Waals surface area contributed by atoms with E-state index in [0.29, 0.717) is 0 Å². The van der Waals surface area contributed by atoms with E-state index in [-0.39, 0.29) is 0 Å². The van der Waals surface area contributed by atoms with Crippen LogP contribution in [0.25, 0.3) is 32.6 Å². The van der Waals surface area contributed by atoms with Crippen LogP contribution in [0.1, 0.15) is 19.4 Å². The van der Waals surface area contributed by atoms with E-state index >= 15 is 0 Å². The second-order valence-corrected chi connectivity index (χ2v) is 6.68. The van der Waals surface area contributed by atoms with Gasteiger partial charge in [-0.15, -0.1) is 0 Å². The molecule has 0 aliphatic carbocycles. The first-order valence-corrected chi connectivity index (χ1v) is 9.32. The maximum absolute atomic E-state index is 4.61. The third-order valence-electron chi connectivity index (χ3n) is 5.31. The first kappa shape index (κ1) is 16.8. The van der Waals surface area contributed by atoms with Gasteiger partial charge in [0.2, 0.25) is 0 Å². The van der Waals surface area contributed by atoms with Gasteiger partial charge in [0.25, 0.3) is 0 Å². The lowest BCUT2D eigenvalue weighted by atomic mass is 10.0. The Morgan fingerprint density at radius 3 is 2.69 bits per heavy atom. The molecule has 0 aliphatic heterocycles. The maximum Gasteiger partial charge on any atom is 0.133 e. The van der Waals surface area contributed by atoms with E-state index in [1.54, 1.807) is 0 Å². The van der Waals surface area contributed by atoms with Gasteiger partial charge in [0.1, 0.15) is 5.82 Å². The van der Waals surface area contributed by atoms with Crippen LogP contribution in [-0.4, -0.2) is 46.0 Å². The van der Waals surface area contributed by atoms with Gasteiger partial charge in [0.05, 0.1) is 5.52 Å². The molecule has 0 saturated carbocycles. The van der Waals surface area contributed by atoms with Crippen molar-refractivity contribution < 1.29 is 0 Å². The second-order valence-electron chi connectivity index (χ2n) is 6.68. The molecule has 0 aliphatic rings. The summed E-state index contributed by atoms with van der Waals surface area (Å²) < 4.78 is 0. The van der Waals surface area contributed by atoms with Crippen LogP contribution in [0.4, 0.5) is 5.82 Å². The highest BCUT2D eigenvalue weighted by molar-refractivity contribution is 6.15. The normalized spacial score (nSPS) is 11.8. The van der Waals surface area contributed by atoms with Crippen molar-refractivity contribution in [2.45, 2.75) is 20.8 Å². The van der Waals surface area contributed by atoms with E-state index in [9.17, 15) is 0 Å². The zero-order valence-electron chi connectivity index (χ0n) is 15.6. The number of pyridine rings is 2. The quantitative estimate of drug-likeness (QED) is 0.545. The van der Waals surface area contributed by atoms with Crippen molar-refractivity contribution in [1.29, 1.82) is 0 Å². The summed E-state index contributed by atoms with van der Waals surface area (Å²) in [4.78, 5) is 14.9. The molecule has 4 aromatic rings. The lowest BCUT2D eigenvalue weighted by molar-refractivity contribution is 0.316. The topological polar surface area (TPSA) is 56.8 Å². The number of fused-ring (bicyclic) bond motifs is 4. The molecule has 0 atom stereocenters. The molecule has 0 bridgehead atoms. The molecule has 0 saturated heterocycles. The Labute approximate surface area is 153 Å². The van der Waals surface area contributed by atoms with Crippen molar-refractivity contribution in [1.82, 2.24) is 19.9 Å². The molecule has 0 amide bonds. The number of hydrogen-bond donors (Lipinski definition) is 2. The molecule has 3 heterocycles. The van der Waals surface area contributed by atoms with Gasteiger partial charge in [0.15, 0.2) is 0 Å². The van der Waals surface area contributed by atoms with E-state index in [2.05, 4.69) is 58.1 Å². The Hall–Kier alpha value is -2.66. The Bertz CT molecular complexity index is 1060. The largest absolute Gasteiger partial charge is 0.368 e. The smallest absolute Gasteiger partial charge is 0.133 e. The van der Waals surface area contributed by atoms with Gasteiger partial charge in [0, 0.05) is 53.4 Å². The molecule has 1 aromatic carbocycles. The van der Waals surface area contributed by atoms with Crippen molar-refractivity contribution >= 4 is 38.4 Å². The molecule has 3 aromatic heterocycles. The van der Waals surface area contributed by atoms with Crippen LogP contribution >= 0.6 is 0 Å². The fourth-order valence-corrected chi connectivity index (χ4v) is 3.74. The van der Waals surface area contributed by atoms with Gasteiger partial charge < -0.3 is 15.2 Å². The summed E-state index contributed by atoms with van der Waals surface area (Å²) in [6.45, 7) is 10.6. The molecule has 0 spiro atoms. The Kier molecular flexibility index (Phi) is 4.47. The number of anilines is 1. The number of aromatic amines is 1. The zero-order chi connectivity index (χ0) is 18.1. The molecule has 0 unspecified atom stereocenters. The summed E-state index contributed by atoms with van der Waals surface area (Å²) in [6, 6.07) is 6.37. The summed E-state index contributed by atoms with van der Waals surface area (Å²) in [5.41, 5.74) is 3.56. The van der Waals surface area contributed by atoms with Gasteiger partial charge >= 0.3 is 0 Å². The number of rotatable bonds is 6. The molecule has 4 rings (SSSR count). The van der Waals surface area contributed by atoms with Crippen LogP contribution in [0.15, 0.2) is 36.8 Å². The second kappa shape index (κ2) is 6.92. The molecule has 26 heavy (non-hydrogen) atoms. The number of benzene rings is 1. The lowest BCUT2D eigenvalue weighted by Crippen LogP contribution is -2.28. The fraction of sp³-hybridized carbons (Fsp3) is 0.333. The molecule has 134 valence electrons. The average molecular weight is 347 g/mol. The van der Waals surface area contributed by atoms with Gasteiger partial charge in [-0.25, -0.2) is 4.98 Å². The number of likely N-dealkylation sites (N-methyl/N-ethyl adjacent to an activating group) is 1. The van der Waals surface area contributed by atoms with Crippen LogP contribution in [0, 0.1) is 6.92 Å². The highest BCUT2D eigenvalue weighted by atomic mass is 15.1. The van der Waals surface area contributed by atoms with Crippen molar-refractivity contribution in [2.24, 2.45) is 0 Å². The minimum absolute atomic E-state index is 0.889. The Morgan fingerprint density at radius 2 is 1.88 bits per heavy atom. The number of nitrogens with one attached hydrogen (secondary N) is 2. The minimum Gasteiger partial charge on any atom is -0.368 e. The average Bonchev–Trinajstić information content (AvgIpc) is 3.05. The van der Waals surface area contributed by atoms with Crippen LogP contribution < -0.4 is 5.32 Å². The van der Waals surface area contributed by atoms with E-state index in [4.69, 9.17) is 0 Å². The predicted molar refractivity (Wildman–Crippen MR) is 110 cm³/mol. The monoisotopic (exact) mass is 347 g/mol. The van der Waals surface area contributed by atoms with Crippen molar-refractivity contribution in [2.75, 3.05) is 31.5 Å². The highest BCUT2D eigenvalue weighted by Gasteiger charge is 2.12. The van der Waals surface area contributed by atoms with Crippen LogP contribution in [-0.2, 0) is 0 Å². The molecule has 5 nitrogen and oxygen atoms in total. The maximum atomic E-state index is 4.61. The number of aryl methyl sites for hydroxylation is 1. The van der Waals surface area contributed by atoms with Crippen molar-refractivity contribution in [3.63, 3.8) is 0 Å². The summed E-state index contributed by atoms with van der Waals surface area (Å²) in [7, 11) is 0. The number of H-pyrrole nitrogens is 1. The molecule has 2 N–H and O–H groups in total. The van der Waals surface area contributed by atoms with E-state index in [1.807, 2.05) is 24.7 Å². The zero-order valence-corrected chi connectivity index (χ0v) is 15.6. The van der Waals surface area contributed by atoms with E-state index in [1.165, 1.54) is 27.2 Å². The SMILES string of the molecule is CCN(CC)CCNc1nccc2c(C)c3[nH]c4ccncc4c3cc12. The third kappa shape index (κ3) is 2.78. The third-order valence-corrected chi connectivity index (χ3v) is 5.31. The summed E-state index contributed by atoms with van der Waals surface area (Å²) in [5.74, 6) is 0.956. The van der Waals surface area contributed by atoms with Gasteiger partial charge in [-0.2, -0.15) is 0 Å². The van der Waals surface area contributed by atoms with E-state index in [0.717, 1.165) is 42.9 Å². The van der Waals surface area contributed by atoms with Crippen molar-refractivity contribution in [3.05, 3.63) is 42.4 Å². The number of aromatic nitrogens is 3. The van der Waals surface area contributed by atoms with Gasteiger partial charge in [-0.3, -0.25) is 4.98 Å². The molecule has 0 radical (unpaired) electrons. The Balaban J connectivity index is 1.79. The van der Waals surface area contributed by atoms with Gasteiger partial charge in [-0.1, -0.05) is 13.8 Å². The minimum atomic E-state index is 0.889. The van der Waals surface area contributed by atoms with E-state index < -0.39 is 0 Å². The highest BCUT2D eigenvalue weighted by Crippen LogP contribution is 2.34. The Morgan fingerprint density at radius 1 is 1.04 bits per heavy atom. The molecular formula is C21H25N5. The van der Waals surface area contributed by atoms with Crippen LogP contribution in [0.5, 0.6) is 0 Å². The standard InChI is InChI=1S/C21H25N5/c1-4-26(5-2)11-10-24-21-17-12-16-18-13-22-8-7-19(18)25-20(16)14(3)15(17)6-9-23-21/h6-9,12-13,25H,4-5,10-11H2,1-3H3,(H,23,24).